The Kier molecular flexibility index (Phi) is 4.90. The first-order chi connectivity index (χ1) is 12.6. The second kappa shape index (κ2) is 7.31. The molecule has 5 nitrogen and oxygen atoms in total. The minimum Gasteiger partial charge on any atom is -0.322 e. The van der Waals surface area contributed by atoms with E-state index in [9.17, 15) is 4.79 Å². The summed E-state index contributed by atoms with van der Waals surface area (Å²) in [7, 11) is 0. The lowest BCUT2D eigenvalue weighted by molar-refractivity contribution is 0.102. The van der Waals surface area contributed by atoms with E-state index in [0.717, 1.165) is 23.9 Å². The van der Waals surface area contributed by atoms with E-state index in [1.54, 1.807) is 4.80 Å². The lowest BCUT2D eigenvalue weighted by atomic mass is 10.2. The van der Waals surface area contributed by atoms with E-state index in [0.29, 0.717) is 11.3 Å². The number of halogens is 2. The van der Waals surface area contributed by atoms with Crippen molar-refractivity contribution in [1.29, 1.82) is 0 Å². The molecule has 1 N–H and O–H groups in total. The van der Waals surface area contributed by atoms with Crippen molar-refractivity contribution in [3.8, 4) is 5.69 Å². The van der Waals surface area contributed by atoms with Gasteiger partial charge in [-0.15, -0.1) is 10.2 Å². The summed E-state index contributed by atoms with van der Waals surface area (Å²) in [4.78, 5) is 14.2. The summed E-state index contributed by atoms with van der Waals surface area (Å²) >= 11 is 4.37. The number of anilines is 1. The fourth-order valence-corrected chi connectivity index (χ4v) is 3.61. The summed E-state index contributed by atoms with van der Waals surface area (Å²) in [6.07, 6.45) is 0. The van der Waals surface area contributed by atoms with Gasteiger partial charge in [0.2, 0.25) is 0 Å². The highest BCUT2D eigenvalue weighted by Crippen LogP contribution is 2.20. The van der Waals surface area contributed by atoms with Gasteiger partial charge in [0, 0.05) is 12.8 Å². The molecular weight excluding hydrogens is 554 g/mol. The fourth-order valence-electron chi connectivity index (χ4n) is 2.54. The van der Waals surface area contributed by atoms with Crippen LogP contribution in [0.2, 0.25) is 0 Å². The second-order valence-corrected chi connectivity index (χ2v) is 8.01. The van der Waals surface area contributed by atoms with E-state index >= 15 is 0 Å². The first kappa shape index (κ1) is 17.4. The molecule has 7 heteroatoms. The highest BCUT2D eigenvalue weighted by atomic mass is 127. The monoisotopic (exact) mass is 566 g/mol. The highest BCUT2D eigenvalue weighted by Gasteiger charge is 2.12. The van der Waals surface area contributed by atoms with Crippen molar-refractivity contribution >= 4 is 67.8 Å². The van der Waals surface area contributed by atoms with Gasteiger partial charge in [-0.1, -0.05) is 18.2 Å². The van der Waals surface area contributed by atoms with E-state index < -0.39 is 0 Å². The molecule has 0 atom stereocenters. The van der Waals surface area contributed by atoms with E-state index in [1.807, 2.05) is 66.7 Å². The van der Waals surface area contributed by atoms with Gasteiger partial charge in [-0.2, -0.15) is 4.80 Å². The molecule has 0 aliphatic rings. The first-order valence-corrected chi connectivity index (χ1v) is 9.95. The van der Waals surface area contributed by atoms with Crippen LogP contribution in [0.15, 0.2) is 66.7 Å². The van der Waals surface area contributed by atoms with Crippen LogP contribution in [0.5, 0.6) is 0 Å². The van der Waals surface area contributed by atoms with Crippen molar-refractivity contribution in [3.63, 3.8) is 0 Å². The molecule has 0 aliphatic heterocycles. The molecule has 4 aromatic rings. The number of para-hydroxylation sites is 1. The van der Waals surface area contributed by atoms with Crippen LogP contribution in [0.3, 0.4) is 0 Å². The van der Waals surface area contributed by atoms with Gasteiger partial charge in [0.15, 0.2) is 0 Å². The number of fused-ring (bicyclic) bond motifs is 1. The van der Waals surface area contributed by atoms with Crippen molar-refractivity contribution in [1.82, 2.24) is 15.0 Å². The van der Waals surface area contributed by atoms with Gasteiger partial charge in [-0.05, 0) is 93.7 Å². The number of carbonyl (C=O) groups excluding carboxylic acids is 1. The number of hydrogen-bond acceptors (Lipinski definition) is 3. The van der Waals surface area contributed by atoms with Crippen molar-refractivity contribution in [2.24, 2.45) is 0 Å². The largest absolute Gasteiger partial charge is 0.322 e. The molecule has 0 spiro atoms. The third-order valence-electron chi connectivity index (χ3n) is 3.80. The Morgan fingerprint density at radius 1 is 0.885 bits per heavy atom. The summed E-state index contributed by atoms with van der Waals surface area (Å²) in [5, 5.41) is 11.9. The maximum Gasteiger partial charge on any atom is 0.256 e. The molecule has 0 radical (unpaired) electrons. The van der Waals surface area contributed by atoms with Gasteiger partial charge in [0.25, 0.3) is 5.91 Å². The predicted octanol–water partition coefficient (Wildman–Crippen LogP) is 4.88. The molecule has 0 aliphatic carbocycles. The molecule has 0 fully saturated rings. The van der Waals surface area contributed by atoms with Crippen LogP contribution in [0.1, 0.15) is 10.4 Å². The zero-order chi connectivity index (χ0) is 18.1. The SMILES string of the molecule is O=C(Nc1ccc2nn(-c3ccccc3)nc2c1)c1cc(I)ccc1I. The third kappa shape index (κ3) is 3.58. The third-order valence-corrected chi connectivity index (χ3v) is 5.41. The molecule has 0 saturated carbocycles. The Bertz CT molecular complexity index is 1110. The number of nitrogens with zero attached hydrogens (tertiary/aromatic N) is 3. The molecule has 0 unspecified atom stereocenters. The smallest absolute Gasteiger partial charge is 0.256 e. The van der Waals surface area contributed by atoms with Crippen molar-refractivity contribution in [2.45, 2.75) is 0 Å². The summed E-state index contributed by atoms with van der Waals surface area (Å²) in [5.74, 6) is -0.136. The molecule has 1 aromatic heterocycles. The molecule has 26 heavy (non-hydrogen) atoms. The number of nitrogens with one attached hydrogen (secondary N) is 1. The van der Waals surface area contributed by atoms with Crippen LogP contribution in [0, 0.1) is 7.14 Å². The lowest BCUT2D eigenvalue weighted by Gasteiger charge is -2.07. The summed E-state index contributed by atoms with van der Waals surface area (Å²) < 4.78 is 1.94. The number of carbonyl (C=O) groups is 1. The van der Waals surface area contributed by atoms with Crippen LogP contribution >= 0.6 is 45.2 Å². The molecule has 128 valence electrons. The van der Waals surface area contributed by atoms with Crippen LogP contribution in [0.25, 0.3) is 16.7 Å². The average molecular weight is 566 g/mol. The van der Waals surface area contributed by atoms with Gasteiger partial charge in [0.1, 0.15) is 11.0 Å². The summed E-state index contributed by atoms with van der Waals surface area (Å²) in [6, 6.07) is 21.0. The highest BCUT2D eigenvalue weighted by molar-refractivity contribution is 14.1. The van der Waals surface area contributed by atoms with Gasteiger partial charge in [-0.3, -0.25) is 4.79 Å². The Morgan fingerprint density at radius 3 is 2.46 bits per heavy atom. The van der Waals surface area contributed by atoms with E-state index in [1.165, 1.54) is 0 Å². The zero-order valence-electron chi connectivity index (χ0n) is 13.4. The average Bonchev–Trinajstić information content (AvgIpc) is 3.08. The molecule has 0 bridgehead atoms. The topological polar surface area (TPSA) is 59.8 Å². The Hall–Kier alpha value is -2.01. The summed E-state index contributed by atoms with van der Waals surface area (Å²) in [6.45, 7) is 0. The molecule has 0 saturated heterocycles. The van der Waals surface area contributed by atoms with Crippen molar-refractivity contribution in [3.05, 3.63) is 79.4 Å². The van der Waals surface area contributed by atoms with Gasteiger partial charge >= 0.3 is 0 Å². The standard InChI is InChI=1S/C19H12I2N4O/c20-12-6-8-16(21)15(10-12)19(26)22-13-7-9-17-18(11-13)24-25(23-17)14-4-2-1-3-5-14/h1-11H,(H,22,26). The number of benzene rings is 3. The van der Waals surface area contributed by atoms with E-state index in [-0.39, 0.29) is 5.91 Å². The van der Waals surface area contributed by atoms with Crippen molar-refractivity contribution in [2.75, 3.05) is 5.32 Å². The normalized spacial score (nSPS) is 10.8. The maximum absolute atomic E-state index is 12.6. The molecule has 1 heterocycles. The molecule has 4 rings (SSSR count). The fraction of sp³-hybridized carbons (Fsp3) is 0. The number of rotatable bonds is 3. The maximum atomic E-state index is 12.6. The predicted molar refractivity (Wildman–Crippen MR) is 119 cm³/mol. The van der Waals surface area contributed by atoms with Crippen LogP contribution < -0.4 is 5.32 Å². The Labute approximate surface area is 177 Å². The number of amides is 1. The molecule has 1 amide bonds. The molecule has 3 aromatic carbocycles. The minimum absolute atomic E-state index is 0.136. The summed E-state index contributed by atoms with van der Waals surface area (Å²) in [5.41, 5.74) is 3.74. The molecular formula is C19H12I2N4O. The number of aromatic nitrogens is 3. The minimum atomic E-state index is -0.136. The number of hydrogen-bond donors (Lipinski definition) is 1. The van der Waals surface area contributed by atoms with Gasteiger partial charge in [-0.25, -0.2) is 0 Å². The van der Waals surface area contributed by atoms with Crippen LogP contribution in [-0.4, -0.2) is 20.9 Å². The van der Waals surface area contributed by atoms with Crippen LogP contribution in [-0.2, 0) is 0 Å². The van der Waals surface area contributed by atoms with Crippen LogP contribution in [0.4, 0.5) is 5.69 Å². The van der Waals surface area contributed by atoms with Gasteiger partial charge < -0.3 is 5.32 Å². The quantitative estimate of drug-likeness (QED) is 0.360. The lowest BCUT2D eigenvalue weighted by Crippen LogP contribution is -2.13. The zero-order valence-corrected chi connectivity index (χ0v) is 17.7. The first-order valence-electron chi connectivity index (χ1n) is 7.79. The van der Waals surface area contributed by atoms with Gasteiger partial charge in [0.05, 0.1) is 11.3 Å². The van der Waals surface area contributed by atoms with Crippen molar-refractivity contribution < 1.29 is 4.79 Å². The Balaban J connectivity index is 1.63. The second-order valence-electron chi connectivity index (χ2n) is 5.61. The van der Waals surface area contributed by atoms with E-state index in [2.05, 4.69) is 60.7 Å². The Morgan fingerprint density at radius 2 is 1.65 bits per heavy atom. The van der Waals surface area contributed by atoms with E-state index in [4.69, 9.17) is 0 Å².